The molecule has 7 heteroatoms. The van der Waals surface area contributed by atoms with Crippen LogP contribution in [0.1, 0.15) is 5.56 Å². The topological polar surface area (TPSA) is 9.86 Å². The van der Waals surface area contributed by atoms with Crippen LogP contribution in [0.25, 0.3) is 88.4 Å². The van der Waals surface area contributed by atoms with E-state index in [1.54, 1.807) is 27.3 Å². The lowest BCUT2D eigenvalue weighted by Crippen LogP contribution is -2.13. The van der Waals surface area contributed by atoms with Gasteiger partial charge in [0.05, 0.1) is 44.6 Å². The fraction of sp³-hybridized carbons (Fsp3) is 0.0204. The number of fused-ring (bicyclic) bond motifs is 6. The van der Waals surface area contributed by atoms with Crippen molar-refractivity contribution in [2.75, 3.05) is 0 Å². The molecule has 0 bridgehead atoms. The molecule has 0 amide bonds. The number of hydrogen-bond donors (Lipinski definition) is 0. The molecule has 0 N–H and O–H groups in total. The standard InChI is InChI=1S/C49H29F5N2/c50-40-18-11-19-41(51)48(40)38-28-47(56-43-21-10-8-17-35(43)37-25-23-33(27-45(37)56)31-14-5-2-6-15-31)39(49(52,53)54)29-46(38)55-42-20-9-7-16-34(42)36-24-22-32(26-44(36)55)30-12-3-1-4-13-30/h1-29H. The summed E-state index contributed by atoms with van der Waals surface area (Å²) in [4.78, 5) is 0. The van der Waals surface area contributed by atoms with E-state index in [2.05, 4.69) is 0 Å². The monoisotopic (exact) mass is 740 g/mol. The Morgan fingerprint density at radius 3 is 1.30 bits per heavy atom. The van der Waals surface area contributed by atoms with Gasteiger partial charge in [0.25, 0.3) is 0 Å². The maximum absolute atomic E-state index is 16.1. The maximum atomic E-state index is 16.1. The number of nitrogens with zero attached hydrogens (tertiary/aromatic N) is 2. The molecule has 0 fully saturated rings. The first-order valence-electron chi connectivity index (χ1n) is 18.1. The van der Waals surface area contributed by atoms with E-state index in [1.807, 2.05) is 127 Å². The van der Waals surface area contributed by atoms with Gasteiger partial charge in [-0.25, -0.2) is 8.78 Å². The Labute approximate surface area is 317 Å². The van der Waals surface area contributed by atoms with Gasteiger partial charge in [0, 0.05) is 27.1 Å². The van der Waals surface area contributed by atoms with E-state index in [4.69, 9.17) is 0 Å². The second kappa shape index (κ2) is 12.8. The fourth-order valence-corrected chi connectivity index (χ4v) is 8.21. The van der Waals surface area contributed by atoms with Gasteiger partial charge in [-0.3, -0.25) is 0 Å². The highest BCUT2D eigenvalue weighted by atomic mass is 19.4. The minimum atomic E-state index is -4.88. The highest BCUT2D eigenvalue weighted by Gasteiger charge is 2.37. The van der Waals surface area contributed by atoms with Gasteiger partial charge in [0.15, 0.2) is 0 Å². The number of rotatable bonds is 5. The van der Waals surface area contributed by atoms with Crippen LogP contribution in [-0.2, 0) is 6.18 Å². The molecule has 10 rings (SSSR count). The lowest BCUT2D eigenvalue weighted by Gasteiger charge is -2.22. The molecule has 56 heavy (non-hydrogen) atoms. The highest BCUT2D eigenvalue weighted by molar-refractivity contribution is 6.12. The van der Waals surface area contributed by atoms with Gasteiger partial charge in [0.2, 0.25) is 0 Å². The SMILES string of the molecule is Fc1cccc(F)c1-c1cc(-n2c3ccccc3c3ccc(-c4ccccc4)cc32)c(C(F)(F)F)cc1-n1c2ccccc2c2ccc(-c3ccccc3)cc21. The van der Waals surface area contributed by atoms with Gasteiger partial charge >= 0.3 is 6.18 Å². The van der Waals surface area contributed by atoms with Gasteiger partial charge in [-0.1, -0.05) is 127 Å². The molecule has 2 aromatic heterocycles. The van der Waals surface area contributed by atoms with Crippen molar-refractivity contribution in [3.63, 3.8) is 0 Å². The van der Waals surface area contributed by atoms with Gasteiger partial charge in [-0.05, 0) is 70.8 Å². The summed E-state index contributed by atoms with van der Waals surface area (Å²) in [5.41, 5.74) is 4.04. The van der Waals surface area contributed by atoms with Gasteiger partial charge < -0.3 is 9.13 Å². The van der Waals surface area contributed by atoms with Crippen LogP contribution in [0.2, 0.25) is 0 Å². The third-order valence-electron chi connectivity index (χ3n) is 10.7. The first kappa shape index (κ1) is 33.6. The summed E-state index contributed by atoms with van der Waals surface area (Å²) in [6.07, 6.45) is -4.88. The van der Waals surface area contributed by atoms with Gasteiger partial charge in [-0.15, -0.1) is 0 Å². The van der Waals surface area contributed by atoms with Gasteiger partial charge in [-0.2, -0.15) is 13.2 Å². The molecular formula is C49H29F5N2. The van der Waals surface area contributed by atoms with Crippen molar-refractivity contribution < 1.29 is 22.0 Å². The maximum Gasteiger partial charge on any atom is 0.418 e. The minimum Gasteiger partial charge on any atom is -0.309 e. The van der Waals surface area contributed by atoms with Crippen molar-refractivity contribution in [1.82, 2.24) is 9.13 Å². The van der Waals surface area contributed by atoms with Gasteiger partial charge in [0.1, 0.15) is 11.6 Å². The molecule has 2 heterocycles. The number of halogens is 5. The average molecular weight is 741 g/mol. The summed E-state index contributed by atoms with van der Waals surface area (Å²) in [5.74, 6) is -1.78. The lowest BCUT2D eigenvalue weighted by molar-refractivity contribution is -0.137. The Bertz CT molecular complexity index is 3120. The summed E-state index contributed by atoms with van der Waals surface area (Å²) in [6, 6.07) is 51.4. The lowest BCUT2D eigenvalue weighted by atomic mass is 9.97. The number of benzene rings is 8. The van der Waals surface area contributed by atoms with E-state index in [9.17, 15) is 0 Å². The molecule has 0 unspecified atom stereocenters. The molecule has 0 saturated carbocycles. The zero-order valence-electron chi connectivity index (χ0n) is 29.5. The molecule has 0 aliphatic carbocycles. The summed E-state index contributed by atoms with van der Waals surface area (Å²) < 4.78 is 83.1. The Kier molecular flexibility index (Phi) is 7.68. The summed E-state index contributed by atoms with van der Waals surface area (Å²) in [7, 11) is 0. The smallest absolute Gasteiger partial charge is 0.309 e. The van der Waals surface area contributed by atoms with Crippen LogP contribution in [0.15, 0.2) is 176 Å². The van der Waals surface area contributed by atoms with E-state index in [-0.39, 0.29) is 16.9 Å². The van der Waals surface area contributed by atoms with Crippen LogP contribution in [0.4, 0.5) is 22.0 Å². The predicted molar refractivity (Wildman–Crippen MR) is 216 cm³/mol. The first-order valence-corrected chi connectivity index (χ1v) is 18.1. The molecule has 0 atom stereocenters. The number of alkyl halides is 3. The van der Waals surface area contributed by atoms with Crippen LogP contribution in [-0.4, -0.2) is 9.13 Å². The summed E-state index contributed by atoms with van der Waals surface area (Å²) in [5, 5.41) is 3.06. The second-order valence-corrected chi connectivity index (χ2v) is 13.9. The third kappa shape index (κ3) is 5.30. The normalized spacial score (nSPS) is 12.0. The molecule has 270 valence electrons. The van der Waals surface area contributed by atoms with Crippen LogP contribution in [0, 0.1) is 11.6 Å². The fourth-order valence-electron chi connectivity index (χ4n) is 8.21. The molecule has 2 nitrogen and oxygen atoms in total. The van der Waals surface area contributed by atoms with Crippen LogP contribution < -0.4 is 0 Å². The van der Waals surface area contributed by atoms with Crippen molar-refractivity contribution in [2.24, 2.45) is 0 Å². The molecule has 10 aromatic rings. The average Bonchev–Trinajstić information content (AvgIpc) is 3.73. The Balaban J connectivity index is 1.36. The molecule has 0 spiro atoms. The number of aromatic nitrogens is 2. The van der Waals surface area contributed by atoms with E-state index in [0.717, 1.165) is 62.0 Å². The summed E-state index contributed by atoms with van der Waals surface area (Å²) >= 11 is 0. The highest BCUT2D eigenvalue weighted by Crippen LogP contribution is 2.46. The molecule has 0 aliphatic heterocycles. The Hall–Kier alpha value is -6.99. The van der Waals surface area contributed by atoms with E-state index >= 15 is 22.0 Å². The number of para-hydroxylation sites is 2. The second-order valence-electron chi connectivity index (χ2n) is 13.9. The minimum absolute atomic E-state index is 0.00720. The van der Waals surface area contributed by atoms with Crippen LogP contribution in [0.5, 0.6) is 0 Å². The molecule has 0 aliphatic rings. The van der Waals surface area contributed by atoms with Crippen molar-refractivity contribution in [3.8, 4) is 44.8 Å². The van der Waals surface area contributed by atoms with Crippen molar-refractivity contribution in [2.45, 2.75) is 6.18 Å². The number of hydrogen-bond acceptors (Lipinski definition) is 0. The summed E-state index contributed by atoms with van der Waals surface area (Å²) in [6.45, 7) is 0. The van der Waals surface area contributed by atoms with E-state index in [0.29, 0.717) is 22.1 Å². The van der Waals surface area contributed by atoms with Crippen molar-refractivity contribution in [3.05, 3.63) is 193 Å². The Morgan fingerprint density at radius 2 is 0.804 bits per heavy atom. The van der Waals surface area contributed by atoms with Crippen LogP contribution in [0.3, 0.4) is 0 Å². The van der Waals surface area contributed by atoms with E-state index in [1.165, 1.54) is 12.1 Å². The zero-order valence-corrected chi connectivity index (χ0v) is 29.5. The largest absolute Gasteiger partial charge is 0.418 e. The molecule has 8 aromatic carbocycles. The van der Waals surface area contributed by atoms with Crippen molar-refractivity contribution in [1.29, 1.82) is 0 Å². The predicted octanol–water partition coefficient (Wildman–Crippen LogP) is 14.2. The van der Waals surface area contributed by atoms with Crippen molar-refractivity contribution >= 4 is 43.6 Å². The quantitative estimate of drug-likeness (QED) is 0.156. The zero-order chi connectivity index (χ0) is 38.1. The van der Waals surface area contributed by atoms with Crippen LogP contribution >= 0.6 is 0 Å². The molecular weight excluding hydrogens is 712 g/mol. The first-order chi connectivity index (χ1) is 27.3. The molecule has 0 saturated heterocycles. The van der Waals surface area contributed by atoms with E-state index < -0.39 is 28.9 Å². The Morgan fingerprint density at radius 1 is 0.357 bits per heavy atom. The third-order valence-corrected chi connectivity index (χ3v) is 10.7. The molecule has 0 radical (unpaired) electrons.